The third-order valence-corrected chi connectivity index (χ3v) is 7.14. The number of imide groups is 2. The summed E-state index contributed by atoms with van der Waals surface area (Å²) < 4.78 is 0. The maximum absolute atomic E-state index is 13.0. The lowest BCUT2D eigenvalue weighted by Gasteiger charge is -2.41. The van der Waals surface area contributed by atoms with Crippen LogP contribution in [-0.2, 0) is 16.1 Å². The third-order valence-electron chi connectivity index (χ3n) is 7.14. The molecule has 1 atom stereocenters. The zero-order chi connectivity index (χ0) is 22.2. The number of fused-ring (bicyclic) bond motifs is 1. The lowest BCUT2D eigenvalue weighted by Crippen LogP contribution is -2.54. The van der Waals surface area contributed by atoms with Crippen molar-refractivity contribution in [2.24, 2.45) is 0 Å². The first-order valence-corrected chi connectivity index (χ1v) is 11.5. The lowest BCUT2D eigenvalue weighted by atomic mass is 10.0. The number of carbonyl (C=O) groups excluding carboxylic acids is 4. The highest BCUT2D eigenvalue weighted by atomic mass is 16.2. The van der Waals surface area contributed by atoms with Crippen LogP contribution < -0.4 is 10.6 Å². The number of rotatable bonds is 4. The Labute approximate surface area is 187 Å². The minimum atomic E-state index is -0.924. The second-order valence-corrected chi connectivity index (χ2v) is 9.12. The smallest absolute Gasteiger partial charge is 0.262 e. The second-order valence-electron chi connectivity index (χ2n) is 9.12. The number of piperidine rings is 2. The topological polar surface area (TPSA) is 102 Å². The molecule has 0 saturated carbocycles. The summed E-state index contributed by atoms with van der Waals surface area (Å²) in [5, 5.41) is 5.65. The summed E-state index contributed by atoms with van der Waals surface area (Å²) in [5.74, 6) is -1.85. The molecule has 3 saturated heterocycles. The minimum absolute atomic E-state index is 0.123. The van der Waals surface area contributed by atoms with Crippen molar-refractivity contribution >= 4 is 23.6 Å². The normalized spacial score (nSPS) is 25.9. The maximum atomic E-state index is 13.0. The molecule has 4 amide bonds. The van der Waals surface area contributed by atoms with Crippen LogP contribution >= 0.6 is 0 Å². The average molecular weight is 440 g/mol. The van der Waals surface area contributed by atoms with Gasteiger partial charge in [-0.1, -0.05) is 6.07 Å². The Balaban J connectivity index is 1.23. The van der Waals surface area contributed by atoms with Crippen LogP contribution in [0.4, 0.5) is 0 Å². The first kappa shape index (κ1) is 21.2. The predicted molar refractivity (Wildman–Crippen MR) is 116 cm³/mol. The number of hydrogen-bond acceptors (Lipinski definition) is 7. The molecule has 0 spiro atoms. The van der Waals surface area contributed by atoms with E-state index < -0.39 is 23.8 Å². The zero-order valence-corrected chi connectivity index (χ0v) is 18.1. The Bertz CT molecular complexity index is 950. The highest BCUT2D eigenvalue weighted by Crippen LogP contribution is 2.29. The number of amides is 4. The van der Waals surface area contributed by atoms with E-state index in [9.17, 15) is 19.2 Å². The standard InChI is InChI=1S/C23H29N5O4/c29-20-4-3-19(21(30)25-20)28-22(31)17-2-1-15(13-18(17)23(28)32)14-26-9-11-27(12-10-26)16-5-7-24-8-6-16/h1-2,13,16,19,24H,3-12,14H2,(H,25,29,30). The molecule has 1 unspecified atom stereocenters. The Kier molecular flexibility index (Phi) is 5.79. The van der Waals surface area contributed by atoms with Gasteiger partial charge in [0.15, 0.2) is 0 Å². The van der Waals surface area contributed by atoms with E-state index in [4.69, 9.17) is 0 Å². The van der Waals surface area contributed by atoms with E-state index in [-0.39, 0.29) is 18.7 Å². The highest BCUT2D eigenvalue weighted by Gasteiger charge is 2.44. The molecule has 2 N–H and O–H groups in total. The van der Waals surface area contributed by atoms with E-state index in [0.717, 1.165) is 56.3 Å². The van der Waals surface area contributed by atoms with Gasteiger partial charge in [-0.15, -0.1) is 0 Å². The highest BCUT2D eigenvalue weighted by molar-refractivity contribution is 6.23. The fraction of sp³-hybridized carbons (Fsp3) is 0.565. The molecule has 0 radical (unpaired) electrons. The molecule has 0 aromatic heterocycles. The Morgan fingerprint density at radius 2 is 1.59 bits per heavy atom. The number of nitrogens with zero attached hydrogens (tertiary/aromatic N) is 3. The van der Waals surface area contributed by atoms with Gasteiger partial charge in [-0.3, -0.25) is 39.2 Å². The quantitative estimate of drug-likeness (QED) is 0.635. The first-order valence-electron chi connectivity index (χ1n) is 11.5. The Hall–Kier alpha value is -2.62. The summed E-state index contributed by atoms with van der Waals surface area (Å²) in [5.41, 5.74) is 1.68. The van der Waals surface area contributed by atoms with Crippen molar-refractivity contribution in [2.75, 3.05) is 39.3 Å². The molecular weight excluding hydrogens is 410 g/mol. The molecule has 0 aliphatic carbocycles. The van der Waals surface area contributed by atoms with Gasteiger partial charge in [0.2, 0.25) is 11.8 Å². The lowest BCUT2D eigenvalue weighted by molar-refractivity contribution is -0.136. The van der Waals surface area contributed by atoms with Gasteiger partial charge in [-0.2, -0.15) is 0 Å². The third kappa shape index (κ3) is 3.96. The van der Waals surface area contributed by atoms with Crippen molar-refractivity contribution in [1.29, 1.82) is 0 Å². The van der Waals surface area contributed by atoms with Gasteiger partial charge in [0.1, 0.15) is 6.04 Å². The van der Waals surface area contributed by atoms with E-state index in [1.54, 1.807) is 12.1 Å². The molecule has 9 heteroatoms. The van der Waals surface area contributed by atoms with Gasteiger partial charge in [-0.05, 0) is 50.0 Å². The summed E-state index contributed by atoms with van der Waals surface area (Å²) in [6, 6.07) is 5.15. The molecule has 3 fully saturated rings. The summed E-state index contributed by atoms with van der Waals surface area (Å²) in [6.45, 7) is 7.00. The van der Waals surface area contributed by atoms with Crippen molar-refractivity contribution in [3.8, 4) is 0 Å². The second kappa shape index (κ2) is 8.73. The molecule has 4 heterocycles. The summed E-state index contributed by atoms with van der Waals surface area (Å²) in [7, 11) is 0. The maximum Gasteiger partial charge on any atom is 0.262 e. The van der Waals surface area contributed by atoms with Crippen LogP contribution in [0.25, 0.3) is 0 Å². The monoisotopic (exact) mass is 439 g/mol. The zero-order valence-electron chi connectivity index (χ0n) is 18.1. The summed E-state index contributed by atoms with van der Waals surface area (Å²) in [6.07, 6.45) is 2.72. The Morgan fingerprint density at radius 1 is 0.875 bits per heavy atom. The first-order chi connectivity index (χ1) is 15.5. The molecular formula is C23H29N5O4. The molecule has 170 valence electrons. The van der Waals surface area contributed by atoms with Crippen LogP contribution in [0.2, 0.25) is 0 Å². The summed E-state index contributed by atoms with van der Waals surface area (Å²) in [4.78, 5) is 55.5. The molecule has 4 aliphatic heterocycles. The van der Waals surface area contributed by atoms with Crippen LogP contribution in [0.3, 0.4) is 0 Å². The van der Waals surface area contributed by atoms with Crippen molar-refractivity contribution in [2.45, 2.75) is 44.3 Å². The van der Waals surface area contributed by atoms with Gasteiger partial charge < -0.3 is 5.32 Å². The van der Waals surface area contributed by atoms with E-state index in [1.807, 2.05) is 6.07 Å². The molecule has 1 aromatic rings. The molecule has 4 aliphatic rings. The van der Waals surface area contributed by atoms with Gasteiger partial charge in [-0.25, -0.2) is 0 Å². The van der Waals surface area contributed by atoms with Crippen LogP contribution in [0.1, 0.15) is 52.0 Å². The van der Waals surface area contributed by atoms with E-state index in [0.29, 0.717) is 17.2 Å². The molecule has 32 heavy (non-hydrogen) atoms. The van der Waals surface area contributed by atoms with Crippen LogP contribution in [0.15, 0.2) is 18.2 Å². The van der Waals surface area contributed by atoms with Gasteiger partial charge in [0.05, 0.1) is 11.1 Å². The predicted octanol–water partition coefficient (Wildman–Crippen LogP) is -0.0426. The Morgan fingerprint density at radius 3 is 2.31 bits per heavy atom. The van der Waals surface area contributed by atoms with Crippen molar-refractivity contribution in [3.05, 3.63) is 34.9 Å². The largest absolute Gasteiger partial charge is 0.317 e. The number of nitrogens with one attached hydrogen (secondary N) is 2. The van der Waals surface area contributed by atoms with Gasteiger partial charge in [0.25, 0.3) is 11.8 Å². The average Bonchev–Trinajstić information content (AvgIpc) is 3.05. The molecule has 0 bridgehead atoms. The van der Waals surface area contributed by atoms with Crippen LogP contribution in [0, 0.1) is 0 Å². The van der Waals surface area contributed by atoms with Gasteiger partial charge in [0, 0.05) is 45.2 Å². The SMILES string of the molecule is O=C1CCC(N2C(=O)c3ccc(CN4CCN(C5CCNCC5)CC4)cc3C2=O)C(=O)N1. The number of piperazine rings is 1. The van der Waals surface area contributed by atoms with Crippen LogP contribution in [0.5, 0.6) is 0 Å². The van der Waals surface area contributed by atoms with E-state index in [1.165, 1.54) is 12.8 Å². The van der Waals surface area contributed by atoms with E-state index >= 15 is 0 Å². The summed E-state index contributed by atoms with van der Waals surface area (Å²) >= 11 is 0. The number of hydrogen-bond donors (Lipinski definition) is 2. The molecule has 5 rings (SSSR count). The van der Waals surface area contributed by atoms with Crippen LogP contribution in [-0.4, -0.2) is 89.7 Å². The van der Waals surface area contributed by atoms with E-state index in [2.05, 4.69) is 20.4 Å². The molecule has 1 aromatic carbocycles. The molecule has 9 nitrogen and oxygen atoms in total. The fourth-order valence-corrected chi connectivity index (χ4v) is 5.33. The van der Waals surface area contributed by atoms with Crippen molar-refractivity contribution < 1.29 is 19.2 Å². The minimum Gasteiger partial charge on any atom is -0.317 e. The fourth-order valence-electron chi connectivity index (χ4n) is 5.33. The van der Waals surface area contributed by atoms with Crippen molar-refractivity contribution in [1.82, 2.24) is 25.3 Å². The van der Waals surface area contributed by atoms with Crippen molar-refractivity contribution in [3.63, 3.8) is 0 Å². The number of benzene rings is 1. The number of carbonyl (C=O) groups is 4. The van der Waals surface area contributed by atoms with Gasteiger partial charge >= 0.3 is 0 Å².